The normalized spacial score (nSPS) is 23.2. The lowest BCUT2D eigenvalue weighted by Gasteiger charge is -2.39. The van der Waals surface area contributed by atoms with Crippen molar-refractivity contribution in [3.63, 3.8) is 0 Å². The minimum atomic E-state index is 0.201. The summed E-state index contributed by atoms with van der Waals surface area (Å²) in [5, 5.41) is 3.34. The summed E-state index contributed by atoms with van der Waals surface area (Å²) >= 11 is 0. The summed E-state index contributed by atoms with van der Waals surface area (Å²) in [6.45, 7) is 5.93. The van der Waals surface area contributed by atoms with Gasteiger partial charge in [0, 0.05) is 25.2 Å². The van der Waals surface area contributed by atoms with Crippen LogP contribution in [0.25, 0.3) is 0 Å². The number of piperazine rings is 1. The Bertz CT molecular complexity index is 420. The second-order valence-electron chi connectivity index (χ2n) is 5.18. The van der Waals surface area contributed by atoms with Crippen LogP contribution in [0.1, 0.15) is 19.4 Å². The Morgan fingerprint density at radius 3 is 2.37 bits per heavy atom. The quantitative estimate of drug-likeness (QED) is 0.896. The fourth-order valence-electron chi connectivity index (χ4n) is 2.63. The lowest BCUT2D eigenvalue weighted by Crippen LogP contribution is -2.57. The standard InChI is InChI=1S/C15H22N2O2/c1-11-9-16-10-12(2)17(11)15(18)8-13-4-6-14(19-3)7-5-13/h4-7,11-12,16H,8-10H2,1-3H3. The summed E-state index contributed by atoms with van der Waals surface area (Å²) in [6, 6.07) is 8.21. The largest absolute Gasteiger partial charge is 0.497 e. The van der Waals surface area contributed by atoms with Gasteiger partial charge in [-0.25, -0.2) is 0 Å². The highest BCUT2D eigenvalue weighted by Gasteiger charge is 2.28. The van der Waals surface area contributed by atoms with Crippen LogP contribution in [0.4, 0.5) is 0 Å². The van der Waals surface area contributed by atoms with Gasteiger partial charge in [-0.15, -0.1) is 0 Å². The molecule has 1 N–H and O–H groups in total. The van der Waals surface area contributed by atoms with E-state index in [0.717, 1.165) is 24.4 Å². The SMILES string of the molecule is COc1ccc(CC(=O)N2C(C)CNCC2C)cc1. The summed E-state index contributed by atoms with van der Waals surface area (Å²) in [6.07, 6.45) is 0.457. The maximum Gasteiger partial charge on any atom is 0.227 e. The Labute approximate surface area is 114 Å². The van der Waals surface area contributed by atoms with Crippen LogP contribution >= 0.6 is 0 Å². The molecule has 2 rings (SSSR count). The minimum Gasteiger partial charge on any atom is -0.497 e. The van der Waals surface area contributed by atoms with Gasteiger partial charge in [-0.1, -0.05) is 12.1 Å². The number of benzene rings is 1. The van der Waals surface area contributed by atoms with Crippen LogP contribution < -0.4 is 10.1 Å². The van der Waals surface area contributed by atoms with Crippen molar-refractivity contribution in [3.05, 3.63) is 29.8 Å². The summed E-state index contributed by atoms with van der Waals surface area (Å²) in [5.74, 6) is 1.02. The van der Waals surface area contributed by atoms with Gasteiger partial charge >= 0.3 is 0 Å². The van der Waals surface area contributed by atoms with Crippen LogP contribution in [0, 0.1) is 0 Å². The van der Waals surface area contributed by atoms with Crippen molar-refractivity contribution in [2.45, 2.75) is 32.4 Å². The van der Waals surface area contributed by atoms with Gasteiger partial charge in [0.1, 0.15) is 5.75 Å². The first-order chi connectivity index (χ1) is 9.11. The van der Waals surface area contributed by atoms with Crippen molar-refractivity contribution in [3.8, 4) is 5.75 Å². The lowest BCUT2D eigenvalue weighted by atomic mass is 10.1. The van der Waals surface area contributed by atoms with E-state index < -0.39 is 0 Å². The number of hydrogen-bond donors (Lipinski definition) is 1. The van der Waals surface area contributed by atoms with Crippen LogP contribution in [0.2, 0.25) is 0 Å². The van der Waals surface area contributed by atoms with Crippen LogP contribution in [0.3, 0.4) is 0 Å². The molecule has 1 saturated heterocycles. The van der Waals surface area contributed by atoms with Crippen LogP contribution in [-0.2, 0) is 11.2 Å². The molecule has 1 aliphatic rings. The molecule has 1 amide bonds. The molecular formula is C15H22N2O2. The predicted molar refractivity (Wildman–Crippen MR) is 75.3 cm³/mol. The predicted octanol–water partition coefficient (Wildman–Crippen LogP) is 1.45. The van der Waals surface area contributed by atoms with Crippen molar-refractivity contribution in [2.75, 3.05) is 20.2 Å². The van der Waals surface area contributed by atoms with Gasteiger partial charge in [0.05, 0.1) is 13.5 Å². The zero-order valence-electron chi connectivity index (χ0n) is 11.8. The van der Waals surface area contributed by atoms with Gasteiger partial charge in [0.2, 0.25) is 5.91 Å². The number of ether oxygens (including phenoxy) is 1. The van der Waals surface area contributed by atoms with E-state index in [9.17, 15) is 4.79 Å². The molecular weight excluding hydrogens is 240 g/mol. The van der Waals surface area contributed by atoms with Crippen molar-refractivity contribution < 1.29 is 9.53 Å². The number of rotatable bonds is 3. The van der Waals surface area contributed by atoms with E-state index in [1.165, 1.54) is 0 Å². The highest BCUT2D eigenvalue weighted by Crippen LogP contribution is 2.15. The van der Waals surface area contributed by atoms with Crippen molar-refractivity contribution in [1.82, 2.24) is 10.2 Å². The zero-order chi connectivity index (χ0) is 13.8. The number of carbonyl (C=O) groups excluding carboxylic acids is 1. The van der Waals surface area contributed by atoms with Crippen molar-refractivity contribution in [2.24, 2.45) is 0 Å². The fourth-order valence-corrected chi connectivity index (χ4v) is 2.63. The molecule has 4 nitrogen and oxygen atoms in total. The van der Waals surface area contributed by atoms with E-state index >= 15 is 0 Å². The first-order valence-electron chi connectivity index (χ1n) is 6.76. The first kappa shape index (κ1) is 13.9. The van der Waals surface area contributed by atoms with Gasteiger partial charge in [0.25, 0.3) is 0 Å². The Balaban J connectivity index is 2.02. The van der Waals surface area contributed by atoms with E-state index in [4.69, 9.17) is 4.74 Å². The molecule has 1 aromatic carbocycles. The molecule has 1 aliphatic heterocycles. The van der Waals surface area contributed by atoms with Crippen molar-refractivity contribution >= 4 is 5.91 Å². The zero-order valence-corrected chi connectivity index (χ0v) is 11.8. The molecule has 2 atom stereocenters. The van der Waals surface area contributed by atoms with E-state index in [2.05, 4.69) is 19.2 Å². The monoisotopic (exact) mass is 262 g/mol. The number of methoxy groups -OCH3 is 1. The molecule has 4 heteroatoms. The van der Waals surface area contributed by atoms with Gasteiger partial charge < -0.3 is 15.0 Å². The molecule has 1 fully saturated rings. The Hall–Kier alpha value is -1.55. The smallest absolute Gasteiger partial charge is 0.227 e. The minimum absolute atomic E-state index is 0.201. The molecule has 0 aliphatic carbocycles. The Morgan fingerprint density at radius 2 is 1.84 bits per heavy atom. The fraction of sp³-hybridized carbons (Fsp3) is 0.533. The third-order valence-corrected chi connectivity index (χ3v) is 3.63. The molecule has 19 heavy (non-hydrogen) atoms. The number of hydrogen-bond acceptors (Lipinski definition) is 3. The number of nitrogens with zero attached hydrogens (tertiary/aromatic N) is 1. The molecule has 1 heterocycles. The summed E-state index contributed by atoms with van der Waals surface area (Å²) in [4.78, 5) is 14.4. The van der Waals surface area contributed by atoms with Crippen LogP contribution in [0.5, 0.6) is 5.75 Å². The number of nitrogens with one attached hydrogen (secondary N) is 1. The highest BCUT2D eigenvalue weighted by molar-refractivity contribution is 5.79. The number of amides is 1. The van der Waals surface area contributed by atoms with E-state index in [1.807, 2.05) is 29.2 Å². The second-order valence-corrected chi connectivity index (χ2v) is 5.18. The van der Waals surface area contributed by atoms with Crippen LogP contribution in [-0.4, -0.2) is 43.1 Å². The van der Waals surface area contributed by atoms with E-state index in [0.29, 0.717) is 6.42 Å². The topological polar surface area (TPSA) is 41.6 Å². The molecule has 1 aromatic rings. The highest BCUT2D eigenvalue weighted by atomic mass is 16.5. The number of carbonyl (C=O) groups is 1. The first-order valence-corrected chi connectivity index (χ1v) is 6.76. The Kier molecular flexibility index (Phi) is 4.43. The molecule has 2 unspecified atom stereocenters. The average Bonchev–Trinajstić information content (AvgIpc) is 2.39. The maximum absolute atomic E-state index is 12.4. The molecule has 0 saturated carbocycles. The molecule has 0 bridgehead atoms. The maximum atomic E-state index is 12.4. The average molecular weight is 262 g/mol. The van der Waals surface area contributed by atoms with Gasteiger partial charge in [-0.2, -0.15) is 0 Å². The molecule has 0 aromatic heterocycles. The van der Waals surface area contributed by atoms with E-state index in [1.54, 1.807) is 7.11 Å². The molecule has 0 spiro atoms. The Morgan fingerprint density at radius 1 is 1.26 bits per heavy atom. The van der Waals surface area contributed by atoms with Gasteiger partial charge in [-0.05, 0) is 31.5 Å². The summed E-state index contributed by atoms with van der Waals surface area (Å²) < 4.78 is 5.12. The van der Waals surface area contributed by atoms with Gasteiger partial charge in [0.15, 0.2) is 0 Å². The molecule has 104 valence electrons. The van der Waals surface area contributed by atoms with Crippen molar-refractivity contribution in [1.29, 1.82) is 0 Å². The van der Waals surface area contributed by atoms with Gasteiger partial charge in [-0.3, -0.25) is 4.79 Å². The third-order valence-electron chi connectivity index (χ3n) is 3.63. The lowest BCUT2D eigenvalue weighted by molar-refractivity contribution is -0.135. The summed E-state index contributed by atoms with van der Waals surface area (Å²) in [5.41, 5.74) is 1.03. The summed E-state index contributed by atoms with van der Waals surface area (Å²) in [7, 11) is 1.64. The third kappa shape index (κ3) is 3.26. The second kappa shape index (κ2) is 6.06. The van der Waals surface area contributed by atoms with Crippen LogP contribution in [0.15, 0.2) is 24.3 Å². The molecule has 0 radical (unpaired) electrons. The van der Waals surface area contributed by atoms with E-state index in [-0.39, 0.29) is 18.0 Å².